The van der Waals surface area contributed by atoms with Crippen LogP contribution in [0.4, 0.5) is 0 Å². The number of amides is 2. The second-order valence-electron chi connectivity index (χ2n) is 4.45. The van der Waals surface area contributed by atoms with Gasteiger partial charge in [0, 0.05) is 19.4 Å². The topological polar surface area (TPSA) is 49.4 Å². The molecule has 0 spiro atoms. The predicted molar refractivity (Wildman–Crippen MR) is 56.2 cm³/mol. The van der Waals surface area contributed by atoms with Gasteiger partial charge in [0.1, 0.15) is 0 Å². The van der Waals surface area contributed by atoms with Gasteiger partial charge in [0.15, 0.2) is 0 Å². The van der Waals surface area contributed by atoms with Crippen molar-refractivity contribution in [3.05, 3.63) is 0 Å². The molecule has 2 aliphatic heterocycles. The Labute approximate surface area is 90.0 Å². The number of carbonyl (C=O) groups excluding carboxylic acids is 2. The molecule has 0 saturated carbocycles. The van der Waals surface area contributed by atoms with Crippen LogP contribution in [-0.2, 0) is 9.59 Å². The van der Waals surface area contributed by atoms with Crippen molar-refractivity contribution < 1.29 is 9.59 Å². The standard InChI is InChI=1S/C11H18N2O2/c14-10-2-1-3-11(15)13(10)8-9-4-6-12-7-5-9/h9,12H,1-8H2. The van der Waals surface area contributed by atoms with Crippen molar-refractivity contribution in [2.24, 2.45) is 5.92 Å². The van der Waals surface area contributed by atoms with Crippen LogP contribution in [-0.4, -0.2) is 36.3 Å². The molecule has 2 aliphatic rings. The average molecular weight is 210 g/mol. The molecule has 84 valence electrons. The van der Waals surface area contributed by atoms with Crippen LogP contribution in [0.5, 0.6) is 0 Å². The third-order valence-electron chi connectivity index (χ3n) is 3.28. The number of hydrogen-bond acceptors (Lipinski definition) is 3. The Morgan fingerprint density at radius 2 is 1.73 bits per heavy atom. The summed E-state index contributed by atoms with van der Waals surface area (Å²) in [5.41, 5.74) is 0. The van der Waals surface area contributed by atoms with Crippen molar-refractivity contribution in [1.82, 2.24) is 10.2 Å². The highest BCUT2D eigenvalue weighted by atomic mass is 16.2. The number of piperidine rings is 2. The largest absolute Gasteiger partial charge is 0.317 e. The zero-order valence-corrected chi connectivity index (χ0v) is 9.00. The Morgan fingerprint density at radius 1 is 1.13 bits per heavy atom. The lowest BCUT2D eigenvalue weighted by molar-refractivity contribution is -0.148. The van der Waals surface area contributed by atoms with Crippen molar-refractivity contribution in [1.29, 1.82) is 0 Å². The fourth-order valence-corrected chi connectivity index (χ4v) is 2.33. The molecule has 0 aliphatic carbocycles. The fraction of sp³-hybridized carbons (Fsp3) is 0.818. The summed E-state index contributed by atoms with van der Waals surface area (Å²) in [5, 5.41) is 3.29. The lowest BCUT2D eigenvalue weighted by Crippen LogP contribution is -2.44. The minimum atomic E-state index is 0.0322. The van der Waals surface area contributed by atoms with E-state index >= 15 is 0 Å². The highest BCUT2D eigenvalue weighted by molar-refractivity contribution is 5.97. The molecule has 4 heteroatoms. The van der Waals surface area contributed by atoms with Crippen LogP contribution in [0.2, 0.25) is 0 Å². The summed E-state index contributed by atoms with van der Waals surface area (Å²) in [6.45, 7) is 2.68. The molecule has 4 nitrogen and oxygen atoms in total. The highest BCUT2D eigenvalue weighted by Crippen LogP contribution is 2.18. The van der Waals surface area contributed by atoms with Gasteiger partial charge in [-0.05, 0) is 38.3 Å². The first-order chi connectivity index (χ1) is 7.27. The van der Waals surface area contributed by atoms with Crippen LogP contribution in [0.25, 0.3) is 0 Å². The van der Waals surface area contributed by atoms with E-state index in [1.54, 1.807) is 0 Å². The van der Waals surface area contributed by atoms with Gasteiger partial charge in [-0.15, -0.1) is 0 Å². The van der Waals surface area contributed by atoms with E-state index in [4.69, 9.17) is 0 Å². The van der Waals surface area contributed by atoms with Gasteiger partial charge in [0.25, 0.3) is 0 Å². The molecule has 0 aromatic rings. The van der Waals surface area contributed by atoms with Gasteiger partial charge >= 0.3 is 0 Å². The molecule has 0 bridgehead atoms. The number of nitrogens with one attached hydrogen (secondary N) is 1. The van der Waals surface area contributed by atoms with Crippen LogP contribution in [0.15, 0.2) is 0 Å². The van der Waals surface area contributed by atoms with E-state index in [0.717, 1.165) is 32.4 Å². The van der Waals surface area contributed by atoms with Gasteiger partial charge in [-0.2, -0.15) is 0 Å². The first-order valence-corrected chi connectivity index (χ1v) is 5.81. The Morgan fingerprint density at radius 3 is 2.33 bits per heavy atom. The molecule has 2 rings (SSSR count). The Balaban J connectivity index is 1.90. The van der Waals surface area contributed by atoms with E-state index in [-0.39, 0.29) is 11.8 Å². The maximum atomic E-state index is 11.6. The Kier molecular flexibility index (Phi) is 3.36. The van der Waals surface area contributed by atoms with E-state index in [1.807, 2.05) is 0 Å². The number of nitrogens with zero attached hydrogens (tertiary/aromatic N) is 1. The summed E-state index contributed by atoms with van der Waals surface area (Å²) in [7, 11) is 0. The Bertz CT molecular complexity index is 243. The monoisotopic (exact) mass is 210 g/mol. The van der Waals surface area contributed by atoms with Crippen molar-refractivity contribution in [2.75, 3.05) is 19.6 Å². The zero-order chi connectivity index (χ0) is 10.7. The average Bonchev–Trinajstić information content (AvgIpc) is 2.25. The van der Waals surface area contributed by atoms with Crippen molar-refractivity contribution in [3.63, 3.8) is 0 Å². The van der Waals surface area contributed by atoms with Crippen LogP contribution >= 0.6 is 0 Å². The summed E-state index contributed by atoms with van der Waals surface area (Å²) in [6, 6.07) is 0. The molecular weight excluding hydrogens is 192 g/mol. The summed E-state index contributed by atoms with van der Waals surface area (Å²) in [5.74, 6) is 0.576. The first-order valence-electron chi connectivity index (χ1n) is 5.81. The van der Waals surface area contributed by atoms with Crippen molar-refractivity contribution >= 4 is 11.8 Å². The van der Waals surface area contributed by atoms with E-state index in [0.29, 0.717) is 25.3 Å². The van der Waals surface area contributed by atoms with E-state index in [1.165, 1.54) is 4.90 Å². The third kappa shape index (κ3) is 2.56. The molecule has 2 amide bonds. The second-order valence-corrected chi connectivity index (χ2v) is 4.45. The quantitative estimate of drug-likeness (QED) is 0.676. The summed E-state index contributed by atoms with van der Waals surface area (Å²) >= 11 is 0. The first kappa shape index (κ1) is 10.6. The van der Waals surface area contributed by atoms with Crippen LogP contribution in [0, 0.1) is 5.92 Å². The van der Waals surface area contributed by atoms with Gasteiger partial charge in [-0.25, -0.2) is 0 Å². The number of imide groups is 1. The number of likely N-dealkylation sites (tertiary alicyclic amines) is 1. The molecule has 0 aromatic carbocycles. The molecule has 0 atom stereocenters. The smallest absolute Gasteiger partial charge is 0.229 e. The summed E-state index contributed by atoms with van der Waals surface area (Å²) < 4.78 is 0. The fourth-order valence-electron chi connectivity index (χ4n) is 2.33. The molecular formula is C11H18N2O2. The van der Waals surface area contributed by atoms with Gasteiger partial charge in [-0.1, -0.05) is 0 Å². The number of rotatable bonds is 2. The lowest BCUT2D eigenvalue weighted by Gasteiger charge is -2.31. The van der Waals surface area contributed by atoms with Gasteiger partial charge in [0.05, 0.1) is 0 Å². The van der Waals surface area contributed by atoms with Gasteiger partial charge in [0.2, 0.25) is 11.8 Å². The predicted octanol–water partition coefficient (Wildman–Crippen LogP) is 0.525. The Hall–Kier alpha value is -0.900. The SMILES string of the molecule is O=C1CCCC(=O)N1CC1CCNCC1. The molecule has 15 heavy (non-hydrogen) atoms. The highest BCUT2D eigenvalue weighted by Gasteiger charge is 2.28. The van der Waals surface area contributed by atoms with Gasteiger partial charge in [-0.3, -0.25) is 14.5 Å². The minimum Gasteiger partial charge on any atom is -0.317 e. The number of hydrogen-bond donors (Lipinski definition) is 1. The van der Waals surface area contributed by atoms with E-state index in [9.17, 15) is 9.59 Å². The number of carbonyl (C=O) groups is 2. The molecule has 0 aromatic heterocycles. The van der Waals surface area contributed by atoms with Crippen molar-refractivity contribution in [2.45, 2.75) is 32.1 Å². The molecule has 2 heterocycles. The molecule has 0 unspecified atom stereocenters. The van der Waals surface area contributed by atoms with Crippen molar-refractivity contribution in [3.8, 4) is 0 Å². The van der Waals surface area contributed by atoms with Gasteiger partial charge < -0.3 is 5.32 Å². The van der Waals surface area contributed by atoms with E-state index in [2.05, 4.69) is 5.32 Å². The molecule has 2 saturated heterocycles. The molecule has 2 fully saturated rings. The third-order valence-corrected chi connectivity index (χ3v) is 3.28. The van der Waals surface area contributed by atoms with Crippen LogP contribution in [0.1, 0.15) is 32.1 Å². The van der Waals surface area contributed by atoms with Crippen LogP contribution < -0.4 is 5.32 Å². The zero-order valence-electron chi connectivity index (χ0n) is 9.00. The maximum absolute atomic E-state index is 11.6. The summed E-state index contributed by atoms with van der Waals surface area (Å²) in [4.78, 5) is 24.6. The lowest BCUT2D eigenvalue weighted by atomic mass is 9.96. The van der Waals surface area contributed by atoms with E-state index < -0.39 is 0 Å². The molecule has 0 radical (unpaired) electrons. The normalized spacial score (nSPS) is 24.7. The second kappa shape index (κ2) is 4.75. The maximum Gasteiger partial charge on any atom is 0.229 e. The summed E-state index contributed by atoms with van der Waals surface area (Å²) in [6.07, 6.45) is 4.00. The minimum absolute atomic E-state index is 0.0322. The molecule has 1 N–H and O–H groups in total. The van der Waals surface area contributed by atoms with Crippen LogP contribution in [0.3, 0.4) is 0 Å².